The van der Waals surface area contributed by atoms with Gasteiger partial charge < -0.3 is 10.1 Å². The van der Waals surface area contributed by atoms with E-state index in [1.807, 2.05) is 37.3 Å². The minimum atomic E-state index is 0.295. The van der Waals surface area contributed by atoms with Crippen molar-refractivity contribution < 1.29 is 4.74 Å². The highest BCUT2D eigenvalue weighted by Crippen LogP contribution is 2.26. The second-order valence-electron chi connectivity index (χ2n) is 4.32. The number of hydrazine groups is 1. The molecule has 0 heterocycles. The van der Waals surface area contributed by atoms with Crippen molar-refractivity contribution in [3.8, 4) is 0 Å². The zero-order valence-corrected chi connectivity index (χ0v) is 10.6. The molecule has 2 rings (SSSR count). The second kappa shape index (κ2) is 6.37. The Morgan fingerprint density at radius 3 is 2.72 bits per heavy atom. The number of nitrogens with one attached hydrogen (secondary N) is 2. The Balaban J connectivity index is 1.86. The van der Waals surface area contributed by atoms with Crippen molar-refractivity contribution in [2.45, 2.75) is 31.9 Å². The summed E-state index contributed by atoms with van der Waals surface area (Å²) in [7, 11) is 0. The molecule has 1 aliphatic carbocycles. The lowest BCUT2D eigenvalue weighted by Gasteiger charge is -2.32. The number of nitrogens with two attached hydrogens (primary N) is 1. The van der Waals surface area contributed by atoms with Crippen LogP contribution in [0.5, 0.6) is 0 Å². The zero-order chi connectivity index (χ0) is 12.8. The van der Waals surface area contributed by atoms with Gasteiger partial charge in [0, 0.05) is 12.3 Å². The van der Waals surface area contributed by atoms with Crippen molar-refractivity contribution in [3.63, 3.8) is 0 Å². The van der Waals surface area contributed by atoms with Crippen LogP contribution in [0.15, 0.2) is 35.3 Å². The quantitative estimate of drug-likeness (QED) is 0.327. The van der Waals surface area contributed by atoms with Crippen LogP contribution in [0.1, 0.15) is 19.8 Å². The van der Waals surface area contributed by atoms with Crippen molar-refractivity contribution >= 4 is 11.6 Å². The van der Waals surface area contributed by atoms with Gasteiger partial charge in [0.25, 0.3) is 0 Å². The van der Waals surface area contributed by atoms with Gasteiger partial charge in [-0.2, -0.15) is 0 Å². The predicted octanol–water partition coefficient (Wildman–Crippen LogP) is 1.49. The van der Waals surface area contributed by atoms with Gasteiger partial charge in [-0.05, 0) is 31.9 Å². The van der Waals surface area contributed by atoms with Crippen LogP contribution < -0.4 is 16.6 Å². The molecule has 1 aliphatic rings. The van der Waals surface area contributed by atoms with Gasteiger partial charge in [-0.15, -0.1) is 0 Å². The van der Waals surface area contributed by atoms with Crippen LogP contribution in [0.2, 0.25) is 0 Å². The van der Waals surface area contributed by atoms with E-state index in [2.05, 4.69) is 15.7 Å². The summed E-state index contributed by atoms with van der Waals surface area (Å²) in [6, 6.07) is 10.1. The maximum absolute atomic E-state index is 5.50. The Bertz CT molecular complexity index is 387. The number of hydrogen-bond acceptors (Lipinski definition) is 3. The highest BCUT2D eigenvalue weighted by atomic mass is 16.5. The van der Waals surface area contributed by atoms with Crippen LogP contribution in [0, 0.1) is 0 Å². The van der Waals surface area contributed by atoms with Gasteiger partial charge in [-0.25, -0.2) is 10.8 Å². The minimum absolute atomic E-state index is 0.295. The van der Waals surface area contributed by atoms with Gasteiger partial charge in [0.2, 0.25) is 5.96 Å². The van der Waals surface area contributed by atoms with E-state index in [-0.39, 0.29) is 0 Å². The van der Waals surface area contributed by atoms with Crippen molar-refractivity contribution in [1.29, 1.82) is 0 Å². The topological polar surface area (TPSA) is 71.7 Å². The van der Waals surface area contributed by atoms with Gasteiger partial charge in [-0.3, -0.25) is 5.43 Å². The molecule has 0 amide bonds. The molecule has 4 N–H and O–H groups in total. The number of ether oxygens (including phenoxy) is 1. The van der Waals surface area contributed by atoms with Crippen molar-refractivity contribution in [2.24, 2.45) is 10.8 Å². The van der Waals surface area contributed by atoms with Crippen molar-refractivity contribution in [2.75, 3.05) is 11.9 Å². The zero-order valence-electron chi connectivity index (χ0n) is 10.6. The summed E-state index contributed by atoms with van der Waals surface area (Å²) in [5.41, 5.74) is 3.56. The standard InChI is InChI=1S/C13H20N4O/c1-2-18-12-8-11(9-12)16-13(17-14)15-10-6-4-3-5-7-10/h3-7,11-12H,2,8-9,14H2,1H3,(H2,15,16,17). The fourth-order valence-corrected chi connectivity index (χ4v) is 1.96. The average molecular weight is 248 g/mol. The van der Waals surface area contributed by atoms with Crippen LogP contribution in [-0.4, -0.2) is 24.7 Å². The lowest BCUT2D eigenvalue weighted by Crippen LogP contribution is -2.41. The maximum Gasteiger partial charge on any atom is 0.210 e. The van der Waals surface area contributed by atoms with E-state index in [0.29, 0.717) is 18.1 Å². The molecule has 1 aromatic rings. The molecule has 0 radical (unpaired) electrons. The van der Waals surface area contributed by atoms with Crippen LogP contribution in [0.4, 0.5) is 5.69 Å². The summed E-state index contributed by atoms with van der Waals surface area (Å²) < 4.78 is 5.50. The molecular weight excluding hydrogens is 228 g/mol. The minimum Gasteiger partial charge on any atom is -0.378 e. The van der Waals surface area contributed by atoms with Gasteiger partial charge in [0.1, 0.15) is 0 Å². The van der Waals surface area contributed by atoms with Crippen LogP contribution in [-0.2, 0) is 4.74 Å². The van der Waals surface area contributed by atoms with E-state index < -0.39 is 0 Å². The average Bonchev–Trinajstić information content (AvgIpc) is 2.36. The lowest BCUT2D eigenvalue weighted by molar-refractivity contribution is -0.000747. The molecule has 5 heteroatoms. The van der Waals surface area contributed by atoms with Crippen LogP contribution >= 0.6 is 0 Å². The highest BCUT2D eigenvalue weighted by molar-refractivity contribution is 5.93. The summed E-state index contributed by atoms with van der Waals surface area (Å²) in [5, 5.41) is 3.15. The predicted molar refractivity (Wildman–Crippen MR) is 73.3 cm³/mol. The third-order valence-electron chi connectivity index (χ3n) is 2.96. The van der Waals surface area contributed by atoms with E-state index in [9.17, 15) is 0 Å². The molecular formula is C13H20N4O. The van der Waals surface area contributed by atoms with E-state index in [1.165, 1.54) is 0 Å². The van der Waals surface area contributed by atoms with E-state index >= 15 is 0 Å². The molecule has 1 fully saturated rings. The molecule has 0 spiro atoms. The lowest BCUT2D eigenvalue weighted by atomic mass is 9.90. The molecule has 0 aliphatic heterocycles. The Morgan fingerprint density at radius 2 is 2.11 bits per heavy atom. The Labute approximate surface area is 107 Å². The molecule has 0 atom stereocenters. The molecule has 0 aromatic heterocycles. The van der Waals surface area contributed by atoms with E-state index in [4.69, 9.17) is 10.6 Å². The first-order valence-corrected chi connectivity index (χ1v) is 6.30. The number of nitrogens with zero attached hydrogens (tertiary/aromatic N) is 1. The molecule has 5 nitrogen and oxygen atoms in total. The maximum atomic E-state index is 5.50. The van der Waals surface area contributed by atoms with E-state index in [0.717, 1.165) is 25.1 Å². The summed E-state index contributed by atoms with van der Waals surface area (Å²) >= 11 is 0. The normalized spacial score (nSPS) is 23.3. The fraction of sp³-hybridized carbons (Fsp3) is 0.462. The number of para-hydroxylation sites is 1. The number of guanidine groups is 1. The SMILES string of the molecule is CCOC1CC(N=C(NN)Nc2ccccc2)C1. The first-order chi connectivity index (χ1) is 8.81. The number of aliphatic imine (C=N–C) groups is 1. The fourth-order valence-electron chi connectivity index (χ4n) is 1.96. The van der Waals surface area contributed by atoms with Crippen molar-refractivity contribution in [3.05, 3.63) is 30.3 Å². The highest BCUT2D eigenvalue weighted by Gasteiger charge is 2.29. The second-order valence-corrected chi connectivity index (χ2v) is 4.32. The molecule has 0 bridgehead atoms. The number of hydrogen-bond donors (Lipinski definition) is 3. The number of rotatable bonds is 4. The smallest absolute Gasteiger partial charge is 0.210 e. The number of anilines is 1. The Kier molecular flexibility index (Phi) is 4.55. The summed E-state index contributed by atoms with van der Waals surface area (Å²) in [6.45, 7) is 2.78. The third-order valence-corrected chi connectivity index (χ3v) is 2.96. The molecule has 1 aromatic carbocycles. The molecule has 1 saturated carbocycles. The van der Waals surface area contributed by atoms with Crippen molar-refractivity contribution in [1.82, 2.24) is 5.43 Å². The number of benzene rings is 1. The van der Waals surface area contributed by atoms with E-state index in [1.54, 1.807) is 0 Å². The summed E-state index contributed by atoms with van der Waals surface area (Å²) in [4.78, 5) is 4.52. The Morgan fingerprint density at radius 1 is 1.39 bits per heavy atom. The largest absolute Gasteiger partial charge is 0.378 e. The van der Waals surface area contributed by atoms with Gasteiger partial charge in [0.15, 0.2) is 0 Å². The van der Waals surface area contributed by atoms with Gasteiger partial charge in [-0.1, -0.05) is 18.2 Å². The van der Waals surface area contributed by atoms with Crippen LogP contribution in [0.25, 0.3) is 0 Å². The molecule has 98 valence electrons. The third kappa shape index (κ3) is 3.45. The summed E-state index contributed by atoms with van der Waals surface area (Å²) in [5.74, 6) is 6.06. The molecule has 18 heavy (non-hydrogen) atoms. The van der Waals surface area contributed by atoms with Crippen LogP contribution in [0.3, 0.4) is 0 Å². The molecule has 0 saturated heterocycles. The first-order valence-electron chi connectivity index (χ1n) is 6.30. The first kappa shape index (κ1) is 12.9. The molecule has 0 unspecified atom stereocenters. The van der Waals surface area contributed by atoms with Gasteiger partial charge in [0.05, 0.1) is 12.1 Å². The monoisotopic (exact) mass is 248 g/mol. The van der Waals surface area contributed by atoms with Gasteiger partial charge >= 0.3 is 0 Å². The Hall–Kier alpha value is -1.59. The summed E-state index contributed by atoms with van der Waals surface area (Å²) in [6.07, 6.45) is 2.30.